The van der Waals surface area contributed by atoms with Crippen molar-refractivity contribution in [3.63, 3.8) is 0 Å². The first kappa shape index (κ1) is 22.6. The van der Waals surface area contributed by atoms with E-state index in [-0.39, 0.29) is 22.6 Å². The van der Waals surface area contributed by atoms with Gasteiger partial charge in [-0.1, -0.05) is 42.1 Å². The van der Waals surface area contributed by atoms with Crippen molar-refractivity contribution in [1.29, 1.82) is 0 Å². The first-order chi connectivity index (χ1) is 15.8. The number of halogens is 3. The second kappa shape index (κ2) is 9.10. The molecular formula is C22H18F3N5O2S. The summed E-state index contributed by atoms with van der Waals surface area (Å²) in [6.07, 6.45) is -3.50. The van der Waals surface area contributed by atoms with Gasteiger partial charge in [0.25, 0.3) is 0 Å². The zero-order valence-corrected chi connectivity index (χ0v) is 18.1. The Morgan fingerprint density at radius 3 is 2.36 bits per heavy atom. The summed E-state index contributed by atoms with van der Waals surface area (Å²) in [4.78, 5) is 11.0. The van der Waals surface area contributed by atoms with Crippen molar-refractivity contribution < 1.29 is 23.1 Å². The number of carbonyl (C=O) groups is 1. The molecule has 0 fully saturated rings. The first-order valence-corrected chi connectivity index (χ1v) is 10.9. The molecule has 0 aliphatic heterocycles. The Morgan fingerprint density at radius 1 is 1.06 bits per heavy atom. The van der Waals surface area contributed by atoms with Gasteiger partial charge in [0, 0.05) is 12.3 Å². The van der Waals surface area contributed by atoms with Crippen LogP contribution in [0.5, 0.6) is 0 Å². The molecule has 2 aromatic heterocycles. The highest BCUT2D eigenvalue weighted by molar-refractivity contribution is 7.98. The Morgan fingerprint density at radius 2 is 1.76 bits per heavy atom. The molecule has 2 heterocycles. The molecule has 4 rings (SSSR count). The molecular weight excluding hydrogens is 455 g/mol. The van der Waals surface area contributed by atoms with Crippen LogP contribution in [0.1, 0.15) is 28.5 Å². The van der Waals surface area contributed by atoms with Gasteiger partial charge in [0.05, 0.1) is 23.0 Å². The van der Waals surface area contributed by atoms with Crippen LogP contribution < -0.4 is 0 Å². The van der Waals surface area contributed by atoms with Gasteiger partial charge in [0.15, 0.2) is 16.7 Å². The fourth-order valence-corrected chi connectivity index (χ4v) is 4.28. The fourth-order valence-electron chi connectivity index (χ4n) is 3.32. The summed E-state index contributed by atoms with van der Waals surface area (Å²) < 4.78 is 44.6. The first-order valence-electron chi connectivity index (χ1n) is 9.88. The van der Waals surface area contributed by atoms with Gasteiger partial charge in [-0.3, -0.25) is 0 Å². The average Bonchev–Trinajstić information content (AvgIpc) is 3.42. The summed E-state index contributed by atoms with van der Waals surface area (Å²) >= 11 is 1.30. The average molecular weight is 473 g/mol. The zero-order valence-electron chi connectivity index (χ0n) is 17.3. The van der Waals surface area contributed by atoms with Crippen molar-refractivity contribution in [2.75, 3.05) is 0 Å². The van der Waals surface area contributed by atoms with E-state index >= 15 is 0 Å². The van der Waals surface area contributed by atoms with E-state index in [1.54, 1.807) is 54.0 Å². The van der Waals surface area contributed by atoms with Crippen LogP contribution in [0.3, 0.4) is 0 Å². The van der Waals surface area contributed by atoms with E-state index in [0.717, 1.165) is 16.4 Å². The number of para-hydroxylation sites is 1. The van der Waals surface area contributed by atoms with Crippen molar-refractivity contribution in [3.8, 4) is 17.1 Å². The van der Waals surface area contributed by atoms with E-state index < -0.39 is 17.8 Å². The largest absolute Gasteiger partial charge is 0.478 e. The molecule has 7 nitrogen and oxygen atoms in total. The highest BCUT2D eigenvalue weighted by Crippen LogP contribution is 2.38. The molecule has 0 saturated carbocycles. The molecule has 33 heavy (non-hydrogen) atoms. The van der Waals surface area contributed by atoms with E-state index in [2.05, 4.69) is 15.3 Å². The van der Waals surface area contributed by atoms with Gasteiger partial charge < -0.3 is 9.67 Å². The highest BCUT2D eigenvalue weighted by atomic mass is 32.2. The quantitative estimate of drug-likeness (QED) is 0.373. The topological polar surface area (TPSA) is 85.8 Å². The molecule has 11 heteroatoms. The lowest BCUT2D eigenvalue weighted by Gasteiger charge is -2.13. The second-order valence-corrected chi connectivity index (χ2v) is 7.94. The number of aromatic nitrogens is 5. The molecule has 4 aromatic rings. The van der Waals surface area contributed by atoms with E-state index in [4.69, 9.17) is 5.11 Å². The van der Waals surface area contributed by atoms with Crippen LogP contribution in [0, 0.1) is 0 Å². The van der Waals surface area contributed by atoms with Gasteiger partial charge in [0.2, 0.25) is 0 Å². The zero-order chi connectivity index (χ0) is 23.6. The molecule has 0 spiro atoms. The molecule has 0 amide bonds. The molecule has 0 unspecified atom stereocenters. The summed E-state index contributed by atoms with van der Waals surface area (Å²) in [5, 5.41) is 21.6. The summed E-state index contributed by atoms with van der Waals surface area (Å²) in [6, 6.07) is 14.5. The second-order valence-electron chi connectivity index (χ2n) is 6.99. The van der Waals surface area contributed by atoms with Gasteiger partial charge in [-0.25, -0.2) is 9.48 Å². The van der Waals surface area contributed by atoms with Gasteiger partial charge in [0.1, 0.15) is 0 Å². The predicted octanol–water partition coefficient (Wildman–Crippen LogP) is 5.16. The van der Waals surface area contributed by atoms with Crippen molar-refractivity contribution in [2.45, 2.75) is 30.6 Å². The van der Waals surface area contributed by atoms with E-state index in [9.17, 15) is 18.0 Å². The van der Waals surface area contributed by atoms with Gasteiger partial charge >= 0.3 is 12.1 Å². The van der Waals surface area contributed by atoms with Crippen molar-refractivity contribution >= 4 is 17.7 Å². The Hall–Kier alpha value is -3.60. The monoisotopic (exact) mass is 473 g/mol. The predicted molar refractivity (Wildman–Crippen MR) is 116 cm³/mol. The molecule has 0 radical (unpaired) electrons. The number of rotatable bonds is 7. The number of carboxylic acid groups (broad SMARTS) is 1. The Kier molecular flexibility index (Phi) is 6.23. The van der Waals surface area contributed by atoms with Crippen molar-refractivity contribution in [2.24, 2.45) is 0 Å². The SMILES string of the molecule is CCn1c(SCc2ccc(C(=O)O)cc2)nnc1-c1cnn(-c2ccccc2)c1C(F)(F)F. The highest BCUT2D eigenvalue weighted by Gasteiger charge is 2.40. The maximum Gasteiger partial charge on any atom is 0.434 e. The third-order valence-corrected chi connectivity index (χ3v) is 5.92. The minimum absolute atomic E-state index is 0.0794. The number of alkyl halides is 3. The maximum atomic E-state index is 14.0. The minimum atomic E-state index is -4.66. The van der Waals surface area contributed by atoms with Crippen LogP contribution in [0.15, 0.2) is 66.0 Å². The Bertz CT molecular complexity index is 1270. The lowest BCUT2D eigenvalue weighted by Crippen LogP contribution is -2.15. The van der Waals surface area contributed by atoms with Crippen molar-refractivity contribution in [3.05, 3.63) is 77.6 Å². The standard InChI is InChI=1S/C22H18F3N5O2S/c1-2-29-19(27-28-21(29)33-13-14-8-10-15(11-9-14)20(31)32)17-12-26-30(18(17)22(23,24)25)16-6-4-3-5-7-16/h3-12H,2,13H2,1H3,(H,31,32). The number of benzene rings is 2. The van der Waals surface area contributed by atoms with Crippen LogP contribution >= 0.6 is 11.8 Å². The van der Waals surface area contributed by atoms with Crippen LogP contribution in [0.2, 0.25) is 0 Å². The smallest absolute Gasteiger partial charge is 0.434 e. The molecule has 0 saturated heterocycles. The molecule has 0 atom stereocenters. The Balaban J connectivity index is 1.67. The summed E-state index contributed by atoms with van der Waals surface area (Å²) in [5.74, 6) is -0.482. The summed E-state index contributed by atoms with van der Waals surface area (Å²) in [7, 11) is 0. The number of nitrogens with zero attached hydrogens (tertiary/aromatic N) is 5. The van der Waals surface area contributed by atoms with Gasteiger partial charge in [-0.05, 0) is 36.8 Å². The number of hydrogen-bond donors (Lipinski definition) is 1. The van der Waals surface area contributed by atoms with Gasteiger partial charge in [-0.2, -0.15) is 18.3 Å². The minimum Gasteiger partial charge on any atom is -0.478 e. The molecule has 0 aliphatic carbocycles. The van der Waals surface area contributed by atoms with E-state index in [0.29, 0.717) is 17.5 Å². The molecule has 1 N–H and O–H groups in total. The number of hydrogen-bond acceptors (Lipinski definition) is 5. The van der Waals surface area contributed by atoms with E-state index in [1.807, 2.05) is 0 Å². The van der Waals surface area contributed by atoms with Crippen LogP contribution in [-0.4, -0.2) is 35.6 Å². The summed E-state index contributed by atoms with van der Waals surface area (Å²) in [6.45, 7) is 2.16. The third kappa shape index (κ3) is 4.63. The molecule has 2 aromatic carbocycles. The molecule has 0 aliphatic rings. The normalized spacial score (nSPS) is 11.6. The van der Waals surface area contributed by atoms with Crippen molar-refractivity contribution in [1.82, 2.24) is 24.5 Å². The van der Waals surface area contributed by atoms with Crippen LogP contribution in [-0.2, 0) is 18.5 Å². The lowest BCUT2D eigenvalue weighted by molar-refractivity contribution is -0.142. The van der Waals surface area contributed by atoms with Crippen LogP contribution in [0.25, 0.3) is 17.1 Å². The van der Waals surface area contributed by atoms with Crippen LogP contribution in [0.4, 0.5) is 13.2 Å². The Labute approximate surface area is 190 Å². The summed E-state index contributed by atoms with van der Waals surface area (Å²) in [5.41, 5.74) is 0.246. The molecule has 170 valence electrons. The fraction of sp³-hybridized carbons (Fsp3) is 0.182. The number of thioether (sulfide) groups is 1. The third-order valence-electron chi connectivity index (χ3n) is 4.88. The number of aromatic carboxylic acids is 1. The lowest BCUT2D eigenvalue weighted by atomic mass is 10.1. The van der Waals surface area contributed by atoms with E-state index in [1.165, 1.54) is 23.9 Å². The van der Waals surface area contributed by atoms with Gasteiger partial charge in [-0.15, -0.1) is 10.2 Å². The maximum absolute atomic E-state index is 14.0. The molecule has 0 bridgehead atoms. The number of carboxylic acids is 1.